The Bertz CT molecular complexity index is 595. The Balaban J connectivity index is 1.98. The third-order valence-corrected chi connectivity index (χ3v) is 3.17. The summed E-state index contributed by atoms with van der Waals surface area (Å²) in [5.41, 5.74) is 2.01. The Morgan fingerprint density at radius 3 is 2.90 bits per heavy atom. The van der Waals surface area contributed by atoms with Crippen molar-refractivity contribution in [2.24, 2.45) is 0 Å². The third-order valence-electron chi connectivity index (χ3n) is 3.17. The predicted octanol–water partition coefficient (Wildman–Crippen LogP) is 2.18. The quantitative estimate of drug-likeness (QED) is 0.459. The SMILES string of the molecule is COCCNCc1ccn(Cc2ccccc2[N+](=O)[O-])c1. The number of aromatic nitrogens is 1. The minimum absolute atomic E-state index is 0.158. The lowest BCUT2D eigenvalue weighted by Crippen LogP contribution is -2.18. The Morgan fingerprint density at radius 2 is 2.14 bits per heavy atom. The number of nitro groups is 1. The molecule has 6 nitrogen and oxygen atoms in total. The van der Waals surface area contributed by atoms with Crippen molar-refractivity contribution in [1.29, 1.82) is 0 Å². The highest BCUT2D eigenvalue weighted by Crippen LogP contribution is 2.19. The summed E-state index contributed by atoms with van der Waals surface area (Å²) < 4.78 is 6.92. The average Bonchev–Trinajstić information content (AvgIpc) is 2.91. The summed E-state index contributed by atoms with van der Waals surface area (Å²) in [7, 11) is 1.67. The van der Waals surface area contributed by atoms with Crippen LogP contribution in [0, 0.1) is 10.1 Å². The van der Waals surface area contributed by atoms with Crippen molar-refractivity contribution >= 4 is 5.69 Å². The van der Waals surface area contributed by atoms with Crippen LogP contribution < -0.4 is 5.32 Å². The van der Waals surface area contributed by atoms with E-state index >= 15 is 0 Å². The zero-order valence-corrected chi connectivity index (χ0v) is 12.0. The highest BCUT2D eigenvalue weighted by atomic mass is 16.6. The molecule has 112 valence electrons. The maximum absolute atomic E-state index is 11.0. The summed E-state index contributed by atoms with van der Waals surface area (Å²) in [5.74, 6) is 0. The minimum Gasteiger partial charge on any atom is -0.383 e. The van der Waals surface area contributed by atoms with Crippen LogP contribution in [0.25, 0.3) is 0 Å². The summed E-state index contributed by atoms with van der Waals surface area (Å²) in [5, 5.41) is 14.3. The highest BCUT2D eigenvalue weighted by molar-refractivity contribution is 5.40. The minimum atomic E-state index is -0.341. The molecule has 1 N–H and O–H groups in total. The van der Waals surface area contributed by atoms with E-state index in [1.54, 1.807) is 19.2 Å². The van der Waals surface area contributed by atoms with E-state index < -0.39 is 0 Å². The van der Waals surface area contributed by atoms with Crippen molar-refractivity contribution in [3.05, 3.63) is 64.0 Å². The van der Waals surface area contributed by atoms with Crippen molar-refractivity contribution < 1.29 is 9.66 Å². The summed E-state index contributed by atoms with van der Waals surface area (Å²) >= 11 is 0. The molecule has 0 saturated carbocycles. The molecular weight excluding hydrogens is 270 g/mol. The maximum Gasteiger partial charge on any atom is 0.274 e. The van der Waals surface area contributed by atoms with Gasteiger partial charge in [-0.25, -0.2) is 0 Å². The number of nitrogens with one attached hydrogen (secondary N) is 1. The molecule has 0 bridgehead atoms. The van der Waals surface area contributed by atoms with E-state index in [1.807, 2.05) is 29.1 Å². The zero-order valence-electron chi connectivity index (χ0n) is 12.0. The number of hydrogen-bond acceptors (Lipinski definition) is 4. The molecule has 0 aliphatic carbocycles. The molecule has 0 fully saturated rings. The smallest absolute Gasteiger partial charge is 0.274 e. The molecule has 0 radical (unpaired) electrons. The number of nitro benzene ring substituents is 1. The van der Waals surface area contributed by atoms with E-state index in [1.165, 1.54) is 6.07 Å². The van der Waals surface area contributed by atoms with Gasteiger partial charge >= 0.3 is 0 Å². The van der Waals surface area contributed by atoms with E-state index in [2.05, 4.69) is 5.32 Å². The molecule has 0 aliphatic heterocycles. The number of methoxy groups -OCH3 is 1. The van der Waals surface area contributed by atoms with Gasteiger partial charge in [0.25, 0.3) is 5.69 Å². The van der Waals surface area contributed by atoms with E-state index in [4.69, 9.17) is 4.74 Å². The van der Waals surface area contributed by atoms with Gasteiger partial charge in [-0.2, -0.15) is 0 Å². The summed E-state index contributed by atoms with van der Waals surface area (Å²) in [4.78, 5) is 10.7. The summed E-state index contributed by atoms with van der Waals surface area (Å²) in [6.45, 7) is 2.73. The van der Waals surface area contributed by atoms with Crippen LogP contribution in [-0.4, -0.2) is 29.8 Å². The van der Waals surface area contributed by atoms with Crippen LogP contribution in [0.3, 0.4) is 0 Å². The molecule has 1 aromatic heterocycles. The van der Waals surface area contributed by atoms with E-state index in [0.29, 0.717) is 18.7 Å². The lowest BCUT2D eigenvalue weighted by atomic mass is 10.2. The van der Waals surface area contributed by atoms with Crippen LogP contribution >= 0.6 is 0 Å². The zero-order chi connectivity index (χ0) is 15.1. The number of ether oxygens (including phenoxy) is 1. The second kappa shape index (κ2) is 7.56. The van der Waals surface area contributed by atoms with Gasteiger partial charge in [0.2, 0.25) is 0 Å². The Kier molecular flexibility index (Phi) is 5.48. The summed E-state index contributed by atoms with van der Waals surface area (Å²) in [6, 6.07) is 8.83. The lowest BCUT2D eigenvalue weighted by Gasteiger charge is -2.04. The van der Waals surface area contributed by atoms with Crippen LogP contribution in [0.2, 0.25) is 0 Å². The number of hydrogen-bond donors (Lipinski definition) is 1. The van der Waals surface area contributed by atoms with Gasteiger partial charge < -0.3 is 14.6 Å². The van der Waals surface area contributed by atoms with Gasteiger partial charge in [0.05, 0.1) is 18.1 Å². The van der Waals surface area contributed by atoms with Crippen LogP contribution in [-0.2, 0) is 17.8 Å². The molecule has 1 heterocycles. The van der Waals surface area contributed by atoms with Crippen LogP contribution in [0.15, 0.2) is 42.7 Å². The molecule has 0 atom stereocenters. The first-order valence-corrected chi connectivity index (χ1v) is 6.77. The number of benzene rings is 1. The summed E-state index contributed by atoms with van der Waals surface area (Å²) in [6.07, 6.45) is 3.93. The van der Waals surface area contributed by atoms with Crippen molar-refractivity contribution in [3.63, 3.8) is 0 Å². The Morgan fingerprint density at radius 1 is 1.33 bits per heavy atom. The van der Waals surface area contributed by atoms with Crippen LogP contribution in [0.5, 0.6) is 0 Å². The second-order valence-corrected chi connectivity index (χ2v) is 4.75. The van der Waals surface area contributed by atoms with Crippen molar-refractivity contribution in [2.45, 2.75) is 13.1 Å². The molecule has 2 aromatic rings. The molecular formula is C15H19N3O3. The van der Waals surface area contributed by atoms with E-state index in [-0.39, 0.29) is 10.6 Å². The monoisotopic (exact) mass is 289 g/mol. The van der Waals surface area contributed by atoms with Gasteiger partial charge in [-0.15, -0.1) is 0 Å². The molecule has 6 heteroatoms. The topological polar surface area (TPSA) is 69.3 Å². The molecule has 0 amide bonds. The second-order valence-electron chi connectivity index (χ2n) is 4.75. The Labute approximate surface area is 123 Å². The third kappa shape index (κ3) is 4.40. The van der Waals surface area contributed by atoms with Crippen LogP contribution in [0.4, 0.5) is 5.69 Å². The van der Waals surface area contributed by atoms with Gasteiger partial charge in [-0.05, 0) is 11.6 Å². The highest BCUT2D eigenvalue weighted by Gasteiger charge is 2.12. The van der Waals surface area contributed by atoms with Gasteiger partial charge in [0.15, 0.2) is 0 Å². The normalized spacial score (nSPS) is 10.7. The fraction of sp³-hybridized carbons (Fsp3) is 0.333. The van der Waals surface area contributed by atoms with E-state index in [9.17, 15) is 10.1 Å². The van der Waals surface area contributed by atoms with E-state index in [0.717, 1.165) is 18.7 Å². The molecule has 21 heavy (non-hydrogen) atoms. The first-order chi connectivity index (χ1) is 10.2. The lowest BCUT2D eigenvalue weighted by molar-refractivity contribution is -0.385. The van der Waals surface area contributed by atoms with Gasteiger partial charge in [-0.3, -0.25) is 10.1 Å². The van der Waals surface area contributed by atoms with Crippen molar-refractivity contribution in [1.82, 2.24) is 9.88 Å². The fourth-order valence-corrected chi connectivity index (χ4v) is 2.12. The van der Waals surface area contributed by atoms with Gasteiger partial charge in [0, 0.05) is 44.2 Å². The number of nitrogens with zero attached hydrogens (tertiary/aromatic N) is 2. The molecule has 0 spiro atoms. The van der Waals surface area contributed by atoms with Crippen molar-refractivity contribution in [2.75, 3.05) is 20.3 Å². The largest absolute Gasteiger partial charge is 0.383 e. The molecule has 2 rings (SSSR count). The standard InChI is InChI=1S/C15H19N3O3/c1-21-9-7-16-10-13-6-8-17(11-13)12-14-4-2-3-5-15(14)18(19)20/h2-6,8,11,16H,7,9-10,12H2,1H3. The Hall–Kier alpha value is -2.18. The van der Waals surface area contributed by atoms with Crippen LogP contribution in [0.1, 0.15) is 11.1 Å². The van der Waals surface area contributed by atoms with Crippen molar-refractivity contribution in [3.8, 4) is 0 Å². The average molecular weight is 289 g/mol. The fourth-order valence-electron chi connectivity index (χ4n) is 2.12. The first kappa shape index (κ1) is 15.2. The number of rotatable bonds is 8. The molecule has 0 unspecified atom stereocenters. The first-order valence-electron chi connectivity index (χ1n) is 6.77. The predicted molar refractivity (Wildman–Crippen MR) is 80.2 cm³/mol. The van der Waals surface area contributed by atoms with Gasteiger partial charge in [0.1, 0.15) is 0 Å². The molecule has 1 aromatic carbocycles. The maximum atomic E-state index is 11.0. The molecule has 0 saturated heterocycles. The number of para-hydroxylation sites is 1. The molecule has 0 aliphatic rings. The van der Waals surface area contributed by atoms with Gasteiger partial charge in [-0.1, -0.05) is 18.2 Å².